The molecular formula is C38H37ClN8O2S. The summed E-state index contributed by atoms with van der Waals surface area (Å²) >= 11 is 6.33. The second kappa shape index (κ2) is 14.9. The first-order valence-corrected chi connectivity index (χ1v) is 18.3. The van der Waals surface area contributed by atoms with E-state index in [0.29, 0.717) is 45.6 Å². The second-order valence-electron chi connectivity index (χ2n) is 12.0. The molecule has 0 fully saturated rings. The number of rotatable bonds is 12. The highest BCUT2D eigenvalue weighted by Crippen LogP contribution is 2.32. The number of hydrogen-bond donors (Lipinski definition) is 3. The topological polar surface area (TPSA) is 125 Å². The van der Waals surface area contributed by atoms with E-state index in [2.05, 4.69) is 34.7 Å². The normalized spacial score (nSPS) is 12.0. The van der Waals surface area contributed by atoms with Gasteiger partial charge in [-0.2, -0.15) is 0 Å². The lowest BCUT2D eigenvalue weighted by Crippen LogP contribution is -2.36. The first-order valence-electron chi connectivity index (χ1n) is 16.1. The Morgan fingerprint density at radius 1 is 0.640 bits per heavy atom. The summed E-state index contributed by atoms with van der Waals surface area (Å²) in [6.45, 7) is 6.15. The van der Waals surface area contributed by atoms with Crippen LogP contribution in [0, 0.1) is 0 Å². The Labute approximate surface area is 297 Å². The van der Waals surface area contributed by atoms with E-state index in [-0.39, 0.29) is 17.1 Å². The van der Waals surface area contributed by atoms with Crippen LogP contribution in [0.5, 0.6) is 0 Å². The zero-order valence-electron chi connectivity index (χ0n) is 28.0. The molecule has 2 aromatic heterocycles. The Morgan fingerprint density at radius 3 is 1.74 bits per heavy atom. The van der Waals surface area contributed by atoms with Gasteiger partial charge in [-0.1, -0.05) is 72.3 Å². The van der Waals surface area contributed by atoms with E-state index in [4.69, 9.17) is 31.5 Å². The Balaban J connectivity index is 1.41. The lowest BCUT2D eigenvalue weighted by Gasteiger charge is -2.32. The van der Waals surface area contributed by atoms with Gasteiger partial charge in [0.2, 0.25) is 0 Å². The average molecular weight is 705 g/mol. The maximum atomic E-state index is 12.0. The van der Waals surface area contributed by atoms with Gasteiger partial charge in [-0.25, -0.2) is 28.4 Å². The van der Waals surface area contributed by atoms with Gasteiger partial charge in [-0.05, 0) is 69.3 Å². The van der Waals surface area contributed by atoms with Crippen LogP contribution < -0.4 is 20.9 Å². The molecule has 1 atom stereocenters. The zero-order valence-corrected chi connectivity index (χ0v) is 29.6. The summed E-state index contributed by atoms with van der Waals surface area (Å²) < 4.78 is 24.0. The highest BCUT2D eigenvalue weighted by molar-refractivity contribution is 7.90. The van der Waals surface area contributed by atoms with Crippen LogP contribution in [0.15, 0.2) is 126 Å². The van der Waals surface area contributed by atoms with Gasteiger partial charge in [-0.15, -0.1) is 0 Å². The van der Waals surface area contributed by atoms with E-state index in [1.165, 1.54) is 6.26 Å². The SMILES string of the molecule is CC(C)Nc1cc(N(c2ccc(Cl)cc2)C(C)Nc2cc(Nc3ccc(S(C)(=O)=O)cc3)nc(-c3ccccc3)n2)nc(-c2ccccc2)n1. The number of aromatic nitrogens is 4. The Bertz CT molecular complexity index is 2170. The largest absolute Gasteiger partial charge is 0.368 e. The van der Waals surface area contributed by atoms with Crippen LogP contribution in [-0.4, -0.2) is 46.8 Å². The van der Waals surface area contributed by atoms with Crippen molar-refractivity contribution < 1.29 is 8.42 Å². The standard InChI is InChI=1S/C38H37ClN8O2S/c1-25(2)40-35-24-36(46-38(45-35)28-13-9-6-10-14-28)47(31-19-15-29(39)16-20-31)26(3)41-33-23-34(44-37(43-33)27-11-7-5-8-12-27)42-30-17-21-32(22-18-30)50(4,48)49/h5-26H,1-4H3,(H,40,45,46)(H2,41,42,43,44). The highest BCUT2D eigenvalue weighted by atomic mass is 35.5. The van der Waals surface area contributed by atoms with Crippen molar-refractivity contribution in [1.82, 2.24) is 19.9 Å². The maximum Gasteiger partial charge on any atom is 0.175 e. The fourth-order valence-electron chi connectivity index (χ4n) is 5.31. The summed E-state index contributed by atoms with van der Waals surface area (Å²) in [7, 11) is -3.33. The van der Waals surface area contributed by atoms with E-state index in [1.807, 2.05) is 104 Å². The van der Waals surface area contributed by atoms with Crippen LogP contribution in [-0.2, 0) is 9.84 Å². The fourth-order valence-corrected chi connectivity index (χ4v) is 6.07. The molecule has 254 valence electrons. The van der Waals surface area contributed by atoms with Gasteiger partial charge in [-0.3, -0.25) is 0 Å². The molecule has 0 saturated heterocycles. The molecule has 3 N–H and O–H groups in total. The van der Waals surface area contributed by atoms with Crippen molar-refractivity contribution >= 4 is 56.1 Å². The number of sulfone groups is 1. The molecule has 0 radical (unpaired) electrons. The lowest BCUT2D eigenvalue weighted by atomic mass is 10.2. The number of anilines is 6. The van der Waals surface area contributed by atoms with Gasteiger partial charge in [0.05, 0.1) is 4.90 Å². The van der Waals surface area contributed by atoms with Gasteiger partial charge in [0.15, 0.2) is 21.5 Å². The minimum atomic E-state index is -3.33. The molecule has 0 aliphatic heterocycles. The molecule has 0 spiro atoms. The van der Waals surface area contributed by atoms with Crippen molar-refractivity contribution in [1.29, 1.82) is 0 Å². The summed E-state index contributed by atoms with van der Waals surface area (Å²) in [5.41, 5.74) is 3.25. The first kappa shape index (κ1) is 34.3. The molecule has 0 amide bonds. The van der Waals surface area contributed by atoms with Crippen LogP contribution in [0.2, 0.25) is 5.02 Å². The van der Waals surface area contributed by atoms with Gasteiger partial charge in [0.25, 0.3) is 0 Å². The Hall–Kier alpha value is -5.52. The van der Waals surface area contributed by atoms with Crippen molar-refractivity contribution in [3.05, 3.63) is 126 Å². The van der Waals surface area contributed by atoms with E-state index >= 15 is 0 Å². The monoisotopic (exact) mass is 704 g/mol. The van der Waals surface area contributed by atoms with E-state index < -0.39 is 9.84 Å². The molecule has 12 heteroatoms. The summed E-state index contributed by atoms with van der Waals surface area (Å²) in [6, 6.07) is 37.6. The number of nitrogens with one attached hydrogen (secondary N) is 3. The molecule has 50 heavy (non-hydrogen) atoms. The third-order valence-corrected chi connectivity index (χ3v) is 8.97. The summed E-state index contributed by atoms with van der Waals surface area (Å²) in [5, 5.41) is 11.0. The van der Waals surface area contributed by atoms with Crippen LogP contribution in [0.4, 0.5) is 34.6 Å². The molecule has 10 nitrogen and oxygen atoms in total. The first-order chi connectivity index (χ1) is 24.0. The summed E-state index contributed by atoms with van der Waals surface area (Å²) in [5.74, 6) is 3.52. The third-order valence-electron chi connectivity index (χ3n) is 7.59. The van der Waals surface area contributed by atoms with Gasteiger partial charge in [0.1, 0.15) is 29.4 Å². The molecule has 0 bridgehead atoms. The third kappa shape index (κ3) is 8.55. The van der Waals surface area contributed by atoms with Crippen molar-refractivity contribution in [3.63, 3.8) is 0 Å². The molecular weight excluding hydrogens is 668 g/mol. The van der Waals surface area contributed by atoms with Crippen LogP contribution in [0.25, 0.3) is 22.8 Å². The molecule has 4 aromatic carbocycles. The second-order valence-corrected chi connectivity index (χ2v) is 14.5. The summed E-state index contributed by atoms with van der Waals surface area (Å²) in [6.07, 6.45) is 0.798. The van der Waals surface area contributed by atoms with Crippen LogP contribution >= 0.6 is 11.6 Å². The van der Waals surface area contributed by atoms with Gasteiger partial charge >= 0.3 is 0 Å². The predicted octanol–water partition coefficient (Wildman–Crippen LogP) is 8.82. The fraction of sp³-hybridized carbons (Fsp3) is 0.158. The molecule has 0 aliphatic rings. The average Bonchev–Trinajstić information content (AvgIpc) is 3.09. The van der Waals surface area contributed by atoms with Gasteiger partial charge < -0.3 is 20.9 Å². The lowest BCUT2D eigenvalue weighted by molar-refractivity contribution is 0.602. The number of hydrogen-bond acceptors (Lipinski definition) is 10. The number of benzene rings is 4. The minimum Gasteiger partial charge on any atom is -0.368 e. The molecule has 6 aromatic rings. The highest BCUT2D eigenvalue weighted by Gasteiger charge is 2.22. The number of nitrogens with zero attached hydrogens (tertiary/aromatic N) is 5. The number of halogens is 1. The van der Waals surface area contributed by atoms with Crippen molar-refractivity contribution in [3.8, 4) is 22.8 Å². The van der Waals surface area contributed by atoms with E-state index in [0.717, 1.165) is 16.8 Å². The Kier molecular flexibility index (Phi) is 10.3. The quantitative estimate of drug-likeness (QED) is 0.106. The summed E-state index contributed by atoms with van der Waals surface area (Å²) in [4.78, 5) is 21.9. The molecule has 0 aliphatic carbocycles. The van der Waals surface area contributed by atoms with Crippen molar-refractivity contribution in [2.45, 2.75) is 37.9 Å². The molecule has 1 unspecified atom stereocenters. The van der Waals surface area contributed by atoms with Crippen LogP contribution in [0.1, 0.15) is 20.8 Å². The molecule has 0 saturated carbocycles. The molecule has 6 rings (SSSR count). The molecule has 2 heterocycles. The van der Waals surface area contributed by atoms with Crippen molar-refractivity contribution in [2.75, 3.05) is 27.1 Å². The Morgan fingerprint density at radius 2 is 1.18 bits per heavy atom. The van der Waals surface area contributed by atoms with Gasteiger partial charge in [0, 0.05) is 52.0 Å². The smallest absolute Gasteiger partial charge is 0.175 e. The zero-order chi connectivity index (χ0) is 35.3. The minimum absolute atomic E-state index is 0.145. The van der Waals surface area contributed by atoms with E-state index in [1.54, 1.807) is 24.3 Å². The van der Waals surface area contributed by atoms with E-state index in [9.17, 15) is 8.42 Å². The predicted molar refractivity (Wildman–Crippen MR) is 203 cm³/mol. The van der Waals surface area contributed by atoms with Crippen molar-refractivity contribution in [2.24, 2.45) is 0 Å². The maximum absolute atomic E-state index is 12.0. The van der Waals surface area contributed by atoms with Crippen LogP contribution in [0.3, 0.4) is 0 Å².